The van der Waals surface area contributed by atoms with E-state index in [2.05, 4.69) is 5.32 Å². The molecule has 19 heavy (non-hydrogen) atoms. The van der Waals surface area contributed by atoms with Gasteiger partial charge in [0.15, 0.2) is 0 Å². The standard InChI is InChI=1S/C14H14FNO3/c1-9-7-10(15)4-5-11(9)14(18)16-12(8-17)13-3-2-6-19-13/h2-7,12,17H,8H2,1H3,(H,16,18). The number of aliphatic hydroxyl groups is 1. The van der Waals surface area contributed by atoms with Gasteiger partial charge in [-0.25, -0.2) is 4.39 Å². The van der Waals surface area contributed by atoms with Crippen molar-refractivity contribution < 1.29 is 18.7 Å². The van der Waals surface area contributed by atoms with Gasteiger partial charge in [0.1, 0.15) is 17.6 Å². The van der Waals surface area contributed by atoms with Crippen LogP contribution in [0.25, 0.3) is 0 Å². The minimum absolute atomic E-state index is 0.278. The summed E-state index contributed by atoms with van der Waals surface area (Å²) in [7, 11) is 0. The number of halogens is 1. The third kappa shape index (κ3) is 3.00. The van der Waals surface area contributed by atoms with Crippen molar-refractivity contribution in [3.05, 3.63) is 59.3 Å². The van der Waals surface area contributed by atoms with Crippen LogP contribution >= 0.6 is 0 Å². The summed E-state index contributed by atoms with van der Waals surface area (Å²) in [4.78, 5) is 12.1. The lowest BCUT2D eigenvalue weighted by Crippen LogP contribution is -2.31. The fourth-order valence-electron chi connectivity index (χ4n) is 1.81. The molecule has 100 valence electrons. The highest BCUT2D eigenvalue weighted by atomic mass is 19.1. The molecule has 0 radical (unpaired) electrons. The van der Waals surface area contributed by atoms with Crippen molar-refractivity contribution >= 4 is 5.91 Å². The highest BCUT2D eigenvalue weighted by Crippen LogP contribution is 2.15. The van der Waals surface area contributed by atoms with Gasteiger partial charge in [-0.05, 0) is 42.8 Å². The fraction of sp³-hybridized carbons (Fsp3) is 0.214. The molecule has 5 heteroatoms. The van der Waals surface area contributed by atoms with E-state index < -0.39 is 11.9 Å². The average molecular weight is 263 g/mol. The van der Waals surface area contributed by atoms with E-state index in [1.54, 1.807) is 19.1 Å². The third-order valence-electron chi connectivity index (χ3n) is 2.81. The Morgan fingerprint density at radius 1 is 1.47 bits per heavy atom. The second kappa shape index (κ2) is 5.67. The van der Waals surface area contributed by atoms with Crippen LogP contribution in [0.5, 0.6) is 0 Å². The molecule has 0 aliphatic heterocycles. The molecule has 2 aromatic rings. The number of amides is 1. The van der Waals surface area contributed by atoms with Gasteiger partial charge in [-0.3, -0.25) is 4.79 Å². The molecular weight excluding hydrogens is 249 g/mol. The highest BCUT2D eigenvalue weighted by molar-refractivity contribution is 5.95. The maximum atomic E-state index is 13.0. The van der Waals surface area contributed by atoms with Gasteiger partial charge in [-0.15, -0.1) is 0 Å². The number of benzene rings is 1. The van der Waals surface area contributed by atoms with Gasteiger partial charge >= 0.3 is 0 Å². The van der Waals surface area contributed by atoms with E-state index in [4.69, 9.17) is 4.42 Å². The number of furan rings is 1. The van der Waals surface area contributed by atoms with E-state index in [-0.39, 0.29) is 12.5 Å². The Hall–Kier alpha value is -2.14. The monoisotopic (exact) mass is 263 g/mol. The molecule has 0 spiro atoms. The van der Waals surface area contributed by atoms with Gasteiger partial charge in [0, 0.05) is 5.56 Å². The molecule has 1 amide bonds. The smallest absolute Gasteiger partial charge is 0.252 e. The summed E-state index contributed by atoms with van der Waals surface area (Å²) in [6, 6.07) is 6.65. The van der Waals surface area contributed by atoms with E-state index in [1.807, 2.05) is 0 Å². The molecule has 0 bridgehead atoms. The normalized spacial score (nSPS) is 12.2. The number of hydrogen-bond acceptors (Lipinski definition) is 3. The Balaban J connectivity index is 2.16. The summed E-state index contributed by atoms with van der Waals surface area (Å²) in [5.74, 6) is -0.303. The van der Waals surface area contributed by atoms with Gasteiger partial charge in [0.05, 0.1) is 12.9 Å². The molecule has 2 rings (SSSR count). The summed E-state index contributed by atoms with van der Waals surface area (Å²) in [5, 5.41) is 11.9. The van der Waals surface area contributed by atoms with Crippen LogP contribution in [0.1, 0.15) is 27.7 Å². The van der Waals surface area contributed by atoms with Crippen molar-refractivity contribution in [3.8, 4) is 0 Å². The van der Waals surface area contributed by atoms with E-state index in [0.29, 0.717) is 16.9 Å². The van der Waals surface area contributed by atoms with E-state index in [1.165, 1.54) is 24.5 Å². The molecule has 1 heterocycles. The maximum Gasteiger partial charge on any atom is 0.252 e. The van der Waals surface area contributed by atoms with Gasteiger partial charge in [-0.1, -0.05) is 0 Å². The van der Waals surface area contributed by atoms with Crippen molar-refractivity contribution in [1.82, 2.24) is 5.32 Å². The SMILES string of the molecule is Cc1cc(F)ccc1C(=O)NC(CO)c1ccco1. The number of carbonyl (C=O) groups excluding carboxylic acids is 1. The van der Waals surface area contributed by atoms with Crippen molar-refractivity contribution in [3.63, 3.8) is 0 Å². The zero-order valence-corrected chi connectivity index (χ0v) is 10.4. The van der Waals surface area contributed by atoms with E-state index in [9.17, 15) is 14.3 Å². The van der Waals surface area contributed by atoms with Crippen molar-refractivity contribution in [2.24, 2.45) is 0 Å². The summed E-state index contributed by atoms with van der Waals surface area (Å²) >= 11 is 0. The van der Waals surface area contributed by atoms with Gasteiger partial charge in [0.2, 0.25) is 0 Å². The lowest BCUT2D eigenvalue weighted by Gasteiger charge is -2.14. The zero-order valence-electron chi connectivity index (χ0n) is 10.4. The van der Waals surface area contributed by atoms with Gasteiger partial charge < -0.3 is 14.8 Å². The number of hydrogen-bond donors (Lipinski definition) is 2. The molecular formula is C14H14FNO3. The minimum Gasteiger partial charge on any atom is -0.467 e. The van der Waals surface area contributed by atoms with Gasteiger partial charge in [0.25, 0.3) is 5.91 Å². The molecule has 1 atom stereocenters. The van der Waals surface area contributed by atoms with E-state index >= 15 is 0 Å². The lowest BCUT2D eigenvalue weighted by molar-refractivity contribution is 0.0906. The van der Waals surface area contributed by atoms with Crippen LogP contribution in [0.2, 0.25) is 0 Å². The minimum atomic E-state index is -0.619. The van der Waals surface area contributed by atoms with Gasteiger partial charge in [-0.2, -0.15) is 0 Å². The Morgan fingerprint density at radius 3 is 2.84 bits per heavy atom. The number of nitrogens with one attached hydrogen (secondary N) is 1. The second-order valence-electron chi connectivity index (χ2n) is 4.18. The summed E-state index contributed by atoms with van der Waals surface area (Å²) in [5.41, 5.74) is 0.903. The number of rotatable bonds is 4. The van der Waals surface area contributed by atoms with Crippen LogP contribution in [-0.2, 0) is 0 Å². The molecule has 0 saturated carbocycles. The Bertz CT molecular complexity index is 566. The first-order chi connectivity index (χ1) is 9.11. The van der Waals surface area contributed by atoms with Crippen molar-refractivity contribution in [2.75, 3.05) is 6.61 Å². The number of aliphatic hydroxyl groups excluding tert-OH is 1. The van der Waals surface area contributed by atoms with E-state index in [0.717, 1.165) is 0 Å². The molecule has 2 N–H and O–H groups in total. The number of carbonyl (C=O) groups is 1. The molecule has 0 saturated heterocycles. The molecule has 1 aromatic carbocycles. The molecule has 4 nitrogen and oxygen atoms in total. The first-order valence-corrected chi connectivity index (χ1v) is 5.83. The fourth-order valence-corrected chi connectivity index (χ4v) is 1.81. The maximum absolute atomic E-state index is 13.0. The first-order valence-electron chi connectivity index (χ1n) is 5.83. The summed E-state index contributed by atoms with van der Waals surface area (Å²) in [6.45, 7) is 1.37. The van der Waals surface area contributed by atoms with Crippen LogP contribution in [0.4, 0.5) is 4.39 Å². The molecule has 0 fully saturated rings. The Morgan fingerprint density at radius 2 is 2.26 bits per heavy atom. The molecule has 0 aliphatic rings. The summed E-state index contributed by atoms with van der Waals surface area (Å²) < 4.78 is 18.1. The topological polar surface area (TPSA) is 62.5 Å². The van der Waals surface area contributed by atoms with Crippen molar-refractivity contribution in [1.29, 1.82) is 0 Å². The van der Waals surface area contributed by atoms with Crippen LogP contribution < -0.4 is 5.32 Å². The van der Waals surface area contributed by atoms with Crippen LogP contribution in [0.3, 0.4) is 0 Å². The summed E-state index contributed by atoms with van der Waals surface area (Å²) in [6.07, 6.45) is 1.47. The molecule has 0 aliphatic carbocycles. The third-order valence-corrected chi connectivity index (χ3v) is 2.81. The van der Waals surface area contributed by atoms with Crippen LogP contribution in [0, 0.1) is 12.7 Å². The average Bonchev–Trinajstić information content (AvgIpc) is 2.89. The first kappa shape index (κ1) is 13.3. The van der Waals surface area contributed by atoms with Crippen molar-refractivity contribution in [2.45, 2.75) is 13.0 Å². The largest absolute Gasteiger partial charge is 0.467 e. The zero-order chi connectivity index (χ0) is 13.8. The van der Waals surface area contributed by atoms with Crippen LogP contribution in [-0.4, -0.2) is 17.6 Å². The Labute approximate surface area is 109 Å². The van der Waals surface area contributed by atoms with Crippen LogP contribution in [0.15, 0.2) is 41.0 Å². The second-order valence-corrected chi connectivity index (χ2v) is 4.18. The molecule has 1 unspecified atom stereocenters. The quantitative estimate of drug-likeness (QED) is 0.888. The predicted molar refractivity (Wildman–Crippen MR) is 67.1 cm³/mol. The lowest BCUT2D eigenvalue weighted by atomic mass is 10.1. The number of aryl methyl sites for hydroxylation is 1. The molecule has 1 aromatic heterocycles. The Kier molecular flexibility index (Phi) is 3.97. The predicted octanol–water partition coefficient (Wildman–Crippen LogP) is 2.19. The highest BCUT2D eigenvalue weighted by Gasteiger charge is 2.18.